The van der Waals surface area contributed by atoms with Crippen molar-refractivity contribution < 1.29 is 9.90 Å². The van der Waals surface area contributed by atoms with E-state index in [1.54, 1.807) is 6.08 Å². The number of benzene rings is 1. The monoisotopic (exact) mass is 254 g/mol. The fourth-order valence-electron chi connectivity index (χ4n) is 1.92. The Morgan fingerprint density at radius 1 is 1.26 bits per heavy atom. The van der Waals surface area contributed by atoms with Crippen molar-refractivity contribution in [1.82, 2.24) is 20.6 Å². The van der Waals surface area contributed by atoms with Crippen molar-refractivity contribution in [2.45, 2.75) is 6.42 Å². The summed E-state index contributed by atoms with van der Waals surface area (Å²) in [6.07, 6.45) is 3.47. The first-order valence-corrected chi connectivity index (χ1v) is 5.72. The van der Waals surface area contributed by atoms with Crippen molar-refractivity contribution in [3.8, 4) is 11.4 Å². The molecule has 1 aliphatic carbocycles. The second-order valence-corrected chi connectivity index (χ2v) is 4.13. The smallest absolute Gasteiger partial charge is 0.204 e. The number of H-pyrrole nitrogens is 1. The molecule has 94 valence electrons. The number of carbonyl (C=O) groups is 1. The number of allylic oxidation sites excluding steroid dienone is 4. The van der Waals surface area contributed by atoms with Gasteiger partial charge < -0.3 is 5.11 Å². The summed E-state index contributed by atoms with van der Waals surface area (Å²) in [4.78, 5) is 11.2. The largest absolute Gasteiger partial charge is 0.504 e. The van der Waals surface area contributed by atoms with Crippen molar-refractivity contribution in [1.29, 1.82) is 0 Å². The molecule has 0 spiro atoms. The molecule has 2 N–H and O–H groups in total. The number of aliphatic hydroxyl groups excluding tert-OH is 1. The number of hydrogen-bond acceptors (Lipinski definition) is 5. The topological polar surface area (TPSA) is 91.8 Å². The van der Waals surface area contributed by atoms with Crippen molar-refractivity contribution in [3.63, 3.8) is 0 Å². The van der Waals surface area contributed by atoms with Gasteiger partial charge in [-0.15, -0.1) is 10.2 Å². The van der Waals surface area contributed by atoms with Gasteiger partial charge in [0.25, 0.3) is 0 Å². The van der Waals surface area contributed by atoms with Crippen LogP contribution in [0.5, 0.6) is 0 Å². The van der Waals surface area contributed by atoms with E-state index in [1.165, 1.54) is 6.08 Å². The van der Waals surface area contributed by atoms with E-state index in [-0.39, 0.29) is 18.0 Å². The Morgan fingerprint density at radius 3 is 2.84 bits per heavy atom. The number of aliphatic hydroxyl groups is 1. The number of nitrogens with zero attached hydrogens (tertiary/aromatic N) is 3. The lowest BCUT2D eigenvalue weighted by atomic mass is 9.96. The minimum atomic E-state index is -0.266. The number of ketones is 1. The van der Waals surface area contributed by atoms with Crippen LogP contribution < -0.4 is 0 Å². The average Bonchev–Trinajstić information content (AvgIpc) is 2.96. The van der Waals surface area contributed by atoms with Crippen LogP contribution in [0.15, 0.2) is 42.2 Å². The highest BCUT2D eigenvalue weighted by Gasteiger charge is 2.14. The molecule has 3 rings (SSSR count). The molecule has 1 aromatic heterocycles. The first-order valence-electron chi connectivity index (χ1n) is 5.72. The number of carbonyl (C=O) groups excluding carboxylic acids is 1. The Kier molecular flexibility index (Phi) is 2.68. The van der Waals surface area contributed by atoms with Crippen molar-refractivity contribution in [2.24, 2.45) is 0 Å². The van der Waals surface area contributed by atoms with Crippen LogP contribution in [0.3, 0.4) is 0 Å². The van der Waals surface area contributed by atoms with E-state index in [4.69, 9.17) is 0 Å². The van der Waals surface area contributed by atoms with E-state index in [2.05, 4.69) is 20.6 Å². The maximum Gasteiger partial charge on any atom is 0.204 e. The predicted molar refractivity (Wildman–Crippen MR) is 67.9 cm³/mol. The standard InChI is InChI=1S/C13H10N4O2/c18-11-5-4-9(7-12(11)19)8-2-1-3-10(6-8)13-14-16-17-15-13/h1-4,6-7,19H,5H2,(H,14,15,16,17). The van der Waals surface area contributed by atoms with E-state index >= 15 is 0 Å². The number of aromatic amines is 1. The van der Waals surface area contributed by atoms with E-state index in [1.807, 2.05) is 24.3 Å². The molecular formula is C13H10N4O2. The molecule has 0 radical (unpaired) electrons. The van der Waals surface area contributed by atoms with Crippen LogP contribution >= 0.6 is 0 Å². The number of tetrazole rings is 1. The predicted octanol–water partition coefficient (Wildman–Crippen LogP) is 1.66. The summed E-state index contributed by atoms with van der Waals surface area (Å²) in [7, 11) is 0. The minimum Gasteiger partial charge on any atom is -0.504 e. The van der Waals surface area contributed by atoms with Gasteiger partial charge in [-0.1, -0.05) is 24.3 Å². The molecule has 1 heterocycles. The van der Waals surface area contributed by atoms with Gasteiger partial charge in [-0.25, -0.2) is 0 Å². The molecule has 1 aromatic carbocycles. The van der Waals surface area contributed by atoms with E-state index in [0.717, 1.165) is 16.7 Å². The molecule has 0 bridgehead atoms. The highest BCUT2D eigenvalue weighted by molar-refractivity contribution is 6.00. The van der Waals surface area contributed by atoms with Crippen LogP contribution in [0.25, 0.3) is 17.0 Å². The van der Waals surface area contributed by atoms with Crippen LogP contribution in [0.1, 0.15) is 12.0 Å². The third-order valence-corrected chi connectivity index (χ3v) is 2.88. The van der Waals surface area contributed by atoms with Crippen LogP contribution in [0.2, 0.25) is 0 Å². The van der Waals surface area contributed by atoms with Gasteiger partial charge in [0.05, 0.1) is 0 Å². The van der Waals surface area contributed by atoms with Gasteiger partial charge in [0.2, 0.25) is 11.6 Å². The Labute approximate surface area is 108 Å². The molecule has 0 unspecified atom stereocenters. The molecule has 0 aliphatic heterocycles. The second-order valence-electron chi connectivity index (χ2n) is 4.13. The summed E-state index contributed by atoms with van der Waals surface area (Å²) in [6, 6.07) is 7.51. The summed E-state index contributed by atoms with van der Waals surface area (Å²) >= 11 is 0. The van der Waals surface area contributed by atoms with E-state index < -0.39 is 0 Å². The fourth-order valence-corrected chi connectivity index (χ4v) is 1.92. The number of rotatable bonds is 2. The lowest BCUT2D eigenvalue weighted by molar-refractivity contribution is -0.117. The normalized spacial score (nSPS) is 15.1. The van der Waals surface area contributed by atoms with Gasteiger partial charge in [0.15, 0.2) is 5.76 Å². The average molecular weight is 254 g/mol. The van der Waals surface area contributed by atoms with Crippen LogP contribution in [-0.4, -0.2) is 31.5 Å². The molecule has 0 fully saturated rings. The number of Topliss-reactive ketones (excluding diaryl/α,β-unsaturated/α-hetero) is 1. The summed E-state index contributed by atoms with van der Waals surface area (Å²) in [5.74, 6) is 0.0306. The third kappa shape index (κ3) is 2.15. The Morgan fingerprint density at radius 2 is 2.11 bits per heavy atom. The van der Waals surface area contributed by atoms with Gasteiger partial charge in [0, 0.05) is 12.0 Å². The highest BCUT2D eigenvalue weighted by atomic mass is 16.3. The lowest BCUT2D eigenvalue weighted by Crippen LogP contribution is -2.05. The zero-order valence-corrected chi connectivity index (χ0v) is 9.87. The van der Waals surface area contributed by atoms with Crippen LogP contribution in [-0.2, 0) is 4.79 Å². The summed E-state index contributed by atoms with van der Waals surface area (Å²) in [5, 5.41) is 23.2. The van der Waals surface area contributed by atoms with Gasteiger partial charge in [-0.2, -0.15) is 5.21 Å². The highest BCUT2D eigenvalue weighted by Crippen LogP contribution is 2.25. The summed E-state index contributed by atoms with van der Waals surface area (Å²) in [6.45, 7) is 0. The quantitative estimate of drug-likeness (QED) is 0.850. The third-order valence-electron chi connectivity index (χ3n) is 2.88. The van der Waals surface area contributed by atoms with E-state index in [9.17, 15) is 9.90 Å². The Balaban J connectivity index is 1.99. The molecule has 1 aliphatic rings. The van der Waals surface area contributed by atoms with Crippen LogP contribution in [0, 0.1) is 0 Å². The van der Waals surface area contributed by atoms with Gasteiger partial charge in [-0.05, 0) is 28.5 Å². The minimum absolute atomic E-state index is 0.206. The number of nitrogens with one attached hydrogen (secondary N) is 1. The van der Waals surface area contributed by atoms with Crippen LogP contribution in [0.4, 0.5) is 0 Å². The molecule has 0 atom stereocenters. The summed E-state index contributed by atoms with van der Waals surface area (Å²) < 4.78 is 0. The molecule has 0 saturated carbocycles. The molecule has 6 nitrogen and oxygen atoms in total. The van der Waals surface area contributed by atoms with E-state index in [0.29, 0.717) is 5.82 Å². The second kappa shape index (κ2) is 4.49. The molecule has 0 saturated heterocycles. The molecule has 19 heavy (non-hydrogen) atoms. The Hall–Kier alpha value is -2.76. The molecule has 0 amide bonds. The van der Waals surface area contributed by atoms with Crippen molar-refractivity contribution in [3.05, 3.63) is 47.7 Å². The van der Waals surface area contributed by atoms with Crippen molar-refractivity contribution in [2.75, 3.05) is 0 Å². The molecular weight excluding hydrogens is 244 g/mol. The number of aromatic nitrogens is 4. The van der Waals surface area contributed by atoms with Gasteiger partial charge in [0.1, 0.15) is 0 Å². The zero-order valence-electron chi connectivity index (χ0n) is 9.87. The fraction of sp³-hybridized carbons (Fsp3) is 0.0769. The van der Waals surface area contributed by atoms with Gasteiger partial charge >= 0.3 is 0 Å². The molecule has 2 aromatic rings. The first kappa shape index (κ1) is 11.3. The lowest BCUT2D eigenvalue weighted by Gasteiger charge is -2.09. The van der Waals surface area contributed by atoms with Crippen molar-refractivity contribution >= 4 is 11.4 Å². The zero-order chi connectivity index (χ0) is 13.2. The first-order chi connectivity index (χ1) is 9.24. The SMILES string of the molecule is O=C1CC=C(c2cccc(-c3nn[nH]n3)c2)C=C1O. The maximum absolute atomic E-state index is 11.2. The Bertz CT molecular complexity index is 686. The summed E-state index contributed by atoms with van der Waals surface area (Å²) in [5.41, 5.74) is 2.51. The maximum atomic E-state index is 11.2. The van der Waals surface area contributed by atoms with Gasteiger partial charge in [-0.3, -0.25) is 4.79 Å². The number of hydrogen-bond donors (Lipinski definition) is 2. The molecule has 6 heteroatoms.